The summed E-state index contributed by atoms with van der Waals surface area (Å²) in [6, 6.07) is 0. The zero-order chi connectivity index (χ0) is 12.3. The molecule has 0 atom stereocenters. The summed E-state index contributed by atoms with van der Waals surface area (Å²) in [4.78, 5) is 9.21. The number of rotatable bonds is 3. The molecule has 2 heterocycles. The number of hydrogen-bond donors (Lipinski definition) is 1. The van der Waals surface area contributed by atoms with Gasteiger partial charge in [-0.25, -0.2) is 0 Å². The Labute approximate surface area is 128 Å². The molecule has 0 radical (unpaired) electrons. The number of nitrogens with one attached hydrogen (secondary N) is 1. The van der Waals surface area contributed by atoms with Crippen LogP contribution in [0.1, 0.15) is 26.7 Å². The second-order valence-electron chi connectivity index (χ2n) is 6.10. The number of piperidine rings is 1. The van der Waals surface area contributed by atoms with Gasteiger partial charge in [0, 0.05) is 33.2 Å². The van der Waals surface area contributed by atoms with Crippen molar-refractivity contribution in [3.63, 3.8) is 0 Å². The molecule has 0 unspecified atom stereocenters. The number of hydrogen-bond acceptors (Lipinski definition) is 4. The molecule has 1 fully saturated rings. The van der Waals surface area contributed by atoms with Crippen molar-refractivity contribution in [1.29, 1.82) is 0 Å². The monoisotopic (exact) mass is 366 g/mol. The van der Waals surface area contributed by atoms with Crippen LogP contribution in [0.4, 0.5) is 0 Å². The summed E-state index contributed by atoms with van der Waals surface area (Å²) in [7, 11) is 2.10. The minimum Gasteiger partial charge on any atom is -0.355 e. The van der Waals surface area contributed by atoms with Crippen LogP contribution in [0, 0.1) is 5.41 Å². The Morgan fingerprint density at radius 3 is 2.72 bits per heavy atom. The number of nitrogens with zero attached hydrogens (tertiary/aromatic N) is 3. The SMILES string of the molecule is CN1CCN=C1NCCN1CCCC(C)(C)C1.I. The van der Waals surface area contributed by atoms with Crippen LogP contribution in [0.2, 0.25) is 0 Å². The summed E-state index contributed by atoms with van der Waals surface area (Å²) in [5.74, 6) is 1.07. The van der Waals surface area contributed by atoms with Crippen LogP contribution in [-0.4, -0.2) is 62.1 Å². The van der Waals surface area contributed by atoms with Crippen molar-refractivity contribution in [2.24, 2.45) is 10.4 Å². The van der Waals surface area contributed by atoms with Crippen molar-refractivity contribution in [2.75, 3.05) is 46.3 Å². The molecule has 0 bridgehead atoms. The zero-order valence-electron chi connectivity index (χ0n) is 11.9. The Hall–Kier alpha value is -0.0400. The molecule has 1 N–H and O–H groups in total. The Balaban J connectivity index is 0.00000162. The van der Waals surface area contributed by atoms with Crippen LogP contribution in [0.5, 0.6) is 0 Å². The topological polar surface area (TPSA) is 30.9 Å². The predicted molar refractivity (Wildman–Crippen MR) is 87.8 cm³/mol. The summed E-state index contributed by atoms with van der Waals surface area (Å²) < 4.78 is 0. The number of aliphatic imine (C=N–C) groups is 1. The van der Waals surface area contributed by atoms with Crippen LogP contribution in [0.15, 0.2) is 4.99 Å². The first-order chi connectivity index (χ1) is 8.07. The van der Waals surface area contributed by atoms with E-state index in [2.05, 4.69) is 41.0 Å². The summed E-state index contributed by atoms with van der Waals surface area (Å²) >= 11 is 0. The third kappa shape index (κ3) is 4.57. The summed E-state index contributed by atoms with van der Waals surface area (Å²) in [6.07, 6.45) is 2.71. The Bertz CT molecular complexity index is 291. The van der Waals surface area contributed by atoms with Gasteiger partial charge in [0.1, 0.15) is 0 Å². The predicted octanol–water partition coefficient (Wildman–Crippen LogP) is 1.62. The Morgan fingerprint density at radius 1 is 1.33 bits per heavy atom. The summed E-state index contributed by atoms with van der Waals surface area (Å²) in [6.45, 7) is 11.4. The molecule has 0 aromatic heterocycles. The highest BCUT2D eigenvalue weighted by molar-refractivity contribution is 14.0. The van der Waals surface area contributed by atoms with Crippen LogP contribution >= 0.6 is 24.0 Å². The van der Waals surface area contributed by atoms with Crippen molar-refractivity contribution in [3.05, 3.63) is 0 Å². The van der Waals surface area contributed by atoms with Gasteiger partial charge in [0.25, 0.3) is 0 Å². The molecule has 18 heavy (non-hydrogen) atoms. The standard InChI is InChI=1S/C13H26N4.HI/c1-13(2)5-4-8-17(11-13)10-7-15-12-14-6-9-16(12)3;/h4-11H2,1-3H3,(H,14,15);1H. The molecule has 106 valence electrons. The Morgan fingerprint density at radius 2 is 2.11 bits per heavy atom. The number of likely N-dealkylation sites (tertiary alicyclic amines) is 1. The molecule has 0 spiro atoms. The minimum absolute atomic E-state index is 0. The van der Waals surface area contributed by atoms with E-state index < -0.39 is 0 Å². The average molecular weight is 366 g/mol. The third-order valence-corrected chi connectivity index (χ3v) is 3.75. The van der Waals surface area contributed by atoms with E-state index in [1.807, 2.05) is 0 Å². The van der Waals surface area contributed by atoms with E-state index in [-0.39, 0.29) is 24.0 Å². The van der Waals surface area contributed by atoms with Gasteiger partial charge >= 0.3 is 0 Å². The normalized spacial score (nSPS) is 23.5. The summed E-state index contributed by atoms with van der Waals surface area (Å²) in [5, 5.41) is 3.44. The van der Waals surface area contributed by atoms with Crippen LogP contribution in [0.25, 0.3) is 0 Å². The minimum atomic E-state index is 0. The first-order valence-electron chi connectivity index (χ1n) is 6.79. The molecule has 0 aromatic rings. The number of likely N-dealkylation sites (N-methyl/N-ethyl adjacent to an activating group) is 1. The second-order valence-corrected chi connectivity index (χ2v) is 6.10. The van der Waals surface area contributed by atoms with E-state index in [4.69, 9.17) is 0 Å². The van der Waals surface area contributed by atoms with Gasteiger partial charge in [-0.2, -0.15) is 0 Å². The van der Waals surface area contributed by atoms with Crippen molar-refractivity contribution >= 4 is 29.9 Å². The van der Waals surface area contributed by atoms with Crippen LogP contribution in [0.3, 0.4) is 0 Å². The highest BCUT2D eigenvalue weighted by Gasteiger charge is 2.25. The molecule has 2 aliphatic rings. The van der Waals surface area contributed by atoms with Crippen LogP contribution in [-0.2, 0) is 0 Å². The Kier molecular flexibility index (Phi) is 6.17. The van der Waals surface area contributed by atoms with Gasteiger partial charge in [-0.3, -0.25) is 4.99 Å². The van der Waals surface area contributed by atoms with Gasteiger partial charge in [-0.05, 0) is 24.8 Å². The number of halogens is 1. The van der Waals surface area contributed by atoms with Gasteiger partial charge in [0.05, 0.1) is 6.54 Å². The summed E-state index contributed by atoms with van der Waals surface area (Å²) in [5.41, 5.74) is 0.500. The first kappa shape index (κ1) is 16.0. The molecule has 2 rings (SSSR count). The van der Waals surface area contributed by atoms with E-state index in [1.54, 1.807) is 0 Å². The molecule has 2 aliphatic heterocycles. The molecule has 0 aromatic carbocycles. The van der Waals surface area contributed by atoms with E-state index >= 15 is 0 Å². The third-order valence-electron chi connectivity index (χ3n) is 3.75. The lowest BCUT2D eigenvalue weighted by Gasteiger charge is -2.38. The molecule has 0 saturated carbocycles. The van der Waals surface area contributed by atoms with Crippen LogP contribution < -0.4 is 5.32 Å². The number of guanidine groups is 1. The molecular formula is C13H27IN4. The fourth-order valence-corrected chi connectivity index (χ4v) is 2.78. The highest BCUT2D eigenvalue weighted by atomic mass is 127. The lowest BCUT2D eigenvalue weighted by atomic mass is 9.84. The quantitative estimate of drug-likeness (QED) is 0.771. The zero-order valence-corrected chi connectivity index (χ0v) is 14.2. The molecule has 1 saturated heterocycles. The van der Waals surface area contributed by atoms with E-state index in [0.29, 0.717) is 5.41 Å². The van der Waals surface area contributed by atoms with Crippen molar-refractivity contribution in [3.8, 4) is 0 Å². The largest absolute Gasteiger partial charge is 0.355 e. The van der Waals surface area contributed by atoms with Gasteiger partial charge in [-0.15, -0.1) is 24.0 Å². The first-order valence-corrected chi connectivity index (χ1v) is 6.79. The lowest BCUT2D eigenvalue weighted by molar-refractivity contribution is 0.119. The van der Waals surface area contributed by atoms with Gasteiger partial charge in [0.2, 0.25) is 0 Å². The van der Waals surface area contributed by atoms with E-state index in [1.165, 1.54) is 25.9 Å². The van der Waals surface area contributed by atoms with E-state index in [0.717, 1.165) is 32.1 Å². The molecule has 0 aliphatic carbocycles. The van der Waals surface area contributed by atoms with Gasteiger partial charge in [-0.1, -0.05) is 13.8 Å². The maximum atomic E-state index is 4.44. The highest BCUT2D eigenvalue weighted by Crippen LogP contribution is 2.27. The second kappa shape index (κ2) is 6.93. The van der Waals surface area contributed by atoms with Gasteiger partial charge in [0.15, 0.2) is 5.96 Å². The smallest absolute Gasteiger partial charge is 0.193 e. The maximum Gasteiger partial charge on any atom is 0.193 e. The fourth-order valence-electron chi connectivity index (χ4n) is 2.78. The van der Waals surface area contributed by atoms with Gasteiger partial charge < -0.3 is 15.1 Å². The average Bonchev–Trinajstić information content (AvgIpc) is 2.63. The van der Waals surface area contributed by atoms with Crippen molar-refractivity contribution < 1.29 is 0 Å². The fraction of sp³-hybridized carbons (Fsp3) is 0.923. The van der Waals surface area contributed by atoms with Crippen molar-refractivity contribution in [1.82, 2.24) is 15.1 Å². The van der Waals surface area contributed by atoms with Crippen molar-refractivity contribution in [2.45, 2.75) is 26.7 Å². The molecular weight excluding hydrogens is 339 g/mol. The van der Waals surface area contributed by atoms with E-state index in [9.17, 15) is 0 Å². The molecule has 0 amide bonds. The lowest BCUT2D eigenvalue weighted by Crippen LogP contribution is -2.45. The molecule has 5 heteroatoms. The molecule has 4 nitrogen and oxygen atoms in total. The maximum absolute atomic E-state index is 4.44.